The van der Waals surface area contributed by atoms with Crippen LogP contribution in [0.25, 0.3) is 0 Å². The van der Waals surface area contributed by atoms with Crippen molar-refractivity contribution in [1.82, 2.24) is 0 Å². The molecule has 2 aliphatic rings. The average Bonchev–Trinajstić information content (AvgIpc) is 3.30. The van der Waals surface area contributed by atoms with Crippen molar-refractivity contribution in [3.63, 3.8) is 0 Å². The van der Waals surface area contributed by atoms with E-state index in [9.17, 15) is 0 Å². The Morgan fingerprint density at radius 2 is 0.672 bits per heavy atom. The van der Waals surface area contributed by atoms with E-state index in [-0.39, 0.29) is 0 Å². The van der Waals surface area contributed by atoms with E-state index >= 15 is 0 Å². The molecule has 0 nitrogen and oxygen atoms in total. The lowest BCUT2D eigenvalue weighted by Gasteiger charge is -2.26. The Balaban J connectivity index is 0.000000231. The summed E-state index contributed by atoms with van der Waals surface area (Å²) in [7, 11) is 0. The van der Waals surface area contributed by atoms with Gasteiger partial charge in [0, 0.05) is 23.0 Å². The van der Waals surface area contributed by atoms with Crippen molar-refractivity contribution >= 4 is 0 Å². The zero-order valence-electron chi connectivity index (χ0n) is 39.2. The van der Waals surface area contributed by atoms with Crippen molar-refractivity contribution < 1.29 is 0 Å². The first-order valence-electron chi connectivity index (χ1n) is 25.3. The van der Waals surface area contributed by atoms with Gasteiger partial charge in [0.25, 0.3) is 0 Å². The predicted octanol–water partition coefficient (Wildman–Crippen LogP) is 17.6. The van der Waals surface area contributed by atoms with Gasteiger partial charge in [-0.3, -0.25) is 0 Å². The largest absolute Gasteiger partial charge is 0.0945 e. The van der Waals surface area contributed by atoms with Crippen molar-refractivity contribution in [2.24, 2.45) is 11.8 Å². The van der Waals surface area contributed by atoms with Crippen molar-refractivity contribution in [2.75, 3.05) is 0 Å². The summed E-state index contributed by atoms with van der Waals surface area (Å²) in [6.45, 7) is 8.83. The fourth-order valence-corrected chi connectivity index (χ4v) is 9.45. The molecule has 61 heavy (non-hydrogen) atoms. The molecule has 0 saturated heterocycles. The second-order valence-electron chi connectivity index (χ2n) is 18.9. The fourth-order valence-electron chi connectivity index (χ4n) is 9.45. The summed E-state index contributed by atoms with van der Waals surface area (Å²) in [5.74, 6) is 16.5. The van der Waals surface area contributed by atoms with Crippen LogP contribution in [0.5, 0.6) is 0 Å². The maximum absolute atomic E-state index is 3.54. The van der Waals surface area contributed by atoms with Gasteiger partial charge < -0.3 is 0 Å². The minimum Gasteiger partial charge on any atom is -0.0945 e. The molecule has 0 N–H and O–H groups in total. The molecule has 326 valence electrons. The quantitative estimate of drug-likeness (QED) is 0.0653. The van der Waals surface area contributed by atoms with Crippen LogP contribution in [0.15, 0.2) is 97.1 Å². The summed E-state index contributed by atoms with van der Waals surface area (Å²) in [4.78, 5) is 0. The molecule has 4 aromatic carbocycles. The Morgan fingerprint density at radius 1 is 0.361 bits per heavy atom. The molecule has 2 saturated carbocycles. The Morgan fingerprint density at radius 3 is 1.00 bits per heavy atom. The SMILES string of the molecule is CCCCCCCCCCc1ccc(C2CCC(C#Cc3ccc(C)cc3)CC2)cc1.CCCCCCCCCc1ccc(C2CCC(C#Cc3ccc(C)cc3)CC2)cc1. The summed E-state index contributed by atoms with van der Waals surface area (Å²) < 4.78 is 0. The lowest BCUT2D eigenvalue weighted by Crippen LogP contribution is -2.12. The third-order valence-electron chi connectivity index (χ3n) is 13.7. The first-order chi connectivity index (χ1) is 30.0. The number of hydrogen-bond donors (Lipinski definition) is 0. The molecule has 4 aromatic rings. The second-order valence-corrected chi connectivity index (χ2v) is 18.9. The Bertz CT molecular complexity index is 1850. The van der Waals surface area contributed by atoms with Crippen LogP contribution in [-0.2, 0) is 12.8 Å². The highest BCUT2D eigenvalue weighted by Crippen LogP contribution is 2.37. The van der Waals surface area contributed by atoms with Gasteiger partial charge in [-0.1, -0.05) is 205 Å². The van der Waals surface area contributed by atoms with Crippen LogP contribution in [0.2, 0.25) is 0 Å². The van der Waals surface area contributed by atoms with Gasteiger partial charge in [0.1, 0.15) is 0 Å². The molecule has 0 bridgehead atoms. The fraction of sp³-hybridized carbons (Fsp3) is 0.541. The molecule has 0 unspecified atom stereocenters. The van der Waals surface area contributed by atoms with Crippen LogP contribution in [0.1, 0.15) is 218 Å². The van der Waals surface area contributed by atoms with E-state index in [0.717, 1.165) is 23.0 Å². The maximum atomic E-state index is 3.54. The summed E-state index contributed by atoms with van der Waals surface area (Å²) >= 11 is 0. The van der Waals surface area contributed by atoms with Gasteiger partial charge in [-0.05, 0) is 149 Å². The minimum absolute atomic E-state index is 0.568. The maximum Gasteiger partial charge on any atom is 0.0245 e. The molecule has 0 spiro atoms. The van der Waals surface area contributed by atoms with Crippen LogP contribution in [0.3, 0.4) is 0 Å². The minimum atomic E-state index is 0.568. The normalized spacial score (nSPS) is 18.5. The number of benzene rings is 4. The number of aryl methyl sites for hydroxylation is 4. The van der Waals surface area contributed by atoms with E-state index in [1.807, 2.05) is 0 Å². The summed E-state index contributed by atoms with van der Waals surface area (Å²) in [6, 6.07) is 36.3. The molecule has 2 fully saturated rings. The highest BCUT2D eigenvalue weighted by Gasteiger charge is 2.22. The third-order valence-corrected chi connectivity index (χ3v) is 13.7. The van der Waals surface area contributed by atoms with Gasteiger partial charge in [0.15, 0.2) is 0 Å². The topological polar surface area (TPSA) is 0 Å². The molecule has 0 radical (unpaired) electrons. The van der Waals surface area contributed by atoms with Crippen molar-refractivity contribution in [1.29, 1.82) is 0 Å². The van der Waals surface area contributed by atoms with Crippen LogP contribution in [0.4, 0.5) is 0 Å². The molecule has 0 aromatic heterocycles. The summed E-state index contributed by atoms with van der Waals surface area (Å²) in [5.41, 5.74) is 11.0. The van der Waals surface area contributed by atoms with Crippen molar-refractivity contribution in [2.45, 2.75) is 200 Å². The van der Waals surface area contributed by atoms with E-state index in [4.69, 9.17) is 0 Å². The number of unbranched alkanes of at least 4 members (excludes halogenated alkanes) is 13. The van der Waals surface area contributed by atoms with E-state index in [0.29, 0.717) is 11.8 Å². The molecule has 6 rings (SSSR count). The highest BCUT2D eigenvalue weighted by molar-refractivity contribution is 5.37. The number of rotatable bonds is 19. The standard InChI is InChI=1S/C31H42.C30H40/c1-3-4-5-6-7-8-9-10-11-27-18-22-30(23-19-27)31-24-20-29(21-25-31)17-16-28-14-12-26(2)13-15-28;1-3-4-5-6-7-8-9-10-26-17-21-29(22-18-26)30-23-19-28(20-24-30)16-15-27-13-11-25(2)12-14-27/h12-15,18-19,22-23,29,31H,3-11,20-21,24-25H2,1-2H3;11-14,17-18,21-22,28,30H,3-10,19-20,23-24H2,1-2H3. The lowest BCUT2D eigenvalue weighted by molar-refractivity contribution is 0.384. The van der Waals surface area contributed by atoms with Crippen molar-refractivity contribution in [3.8, 4) is 23.7 Å². The average molecular weight is 815 g/mol. The van der Waals surface area contributed by atoms with E-state index in [1.165, 1.54) is 183 Å². The van der Waals surface area contributed by atoms with Gasteiger partial charge in [-0.15, -0.1) is 0 Å². The molecule has 0 aliphatic heterocycles. The smallest absolute Gasteiger partial charge is 0.0245 e. The van der Waals surface area contributed by atoms with Gasteiger partial charge in [-0.2, -0.15) is 0 Å². The summed E-state index contributed by atoms with van der Waals surface area (Å²) in [5, 5.41) is 0. The highest BCUT2D eigenvalue weighted by atomic mass is 14.3. The Hall–Kier alpha value is -4.00. The van der Waals surface area contributed by atoms with Gasteiger partial charge in [-0.25, -0.2) is 0 Å². The molecule has 0 atom stereocenters. The number of hydrogen-bond acceptors (Lipinski definition) is 0. The lowest BCUT2D eigenvalue weighted by atomic mass is 9.78. The van der Waals surface area contributed by atoms with Crippen molar-refractivity contribution in [3.05, 3.63) is 142 Å². The molecular weight excluding hydrogens is 733 g/mol. The van der Waals surface area contributed by atoms with Crippen LogP contribution in [-0.4, -0.2) is 0 Å². The monoisotopic (exact) mass is 815 g/mol. The first kappa shape index (κ1) is 48.0. The predicted molar refractivity (Wildman–Crippen MR) is 266 cm³/mol. The zero-order valence-corrected chi connectivity index (χ0v) is 39.2. The van der Waals surface area contributed by atoms with Gasteiger partial charge >= 0.3 is 0 Å². The Labute approximate surface area is 375 Å². The van der Waals surface area contributed by atoms with Gasteiger partial charge in [0.05, 0.1) is 0 Å². The Kier molecular flexibility index (Phi) is 22.5. The molecule has 2 aliphatic carbocycles. The second kappa shape index (κ2) is 28.6. The molecule has 0 heterocycles. The molecule has 0 amide bonds. The first-order valence-corrected chi connectivity index (χ1v) is 25.3. The third kappa shape index (κ3) is 18.9. The summed E-state index contributed by atoms with van der Waals surface area (Å²) in [6.07, 6.45) is 33.5. The van der Waals surface area contributed by atoms with E-state index in [1.54, 1.807) is 11.1 Å². The molecule has 0 heteroatoms. The van der Waals surface area contributed by atoms with E-state index < -0.39 is 0 Å². The zero-order chi connectivity index (χ0) is 42.7. The van der Waals surface area contributed by atoms with Crippen LogP contribution in [0, 0.1) is 49.4 Å². The van der Waals surface area contributed by atoms with Crippen LogP contribution >= 0.6 is 0 Å². The van der Waals surface area contributed by atoms with Crippen LogP contribution < -0.4 is 0 Å². The van der Waals surface area contributed by atoms with Gasteiger partial charge in [0.2, 0.25) is 0 Å². The molecular formula is C61H82. The van der Waals surface area contributed by atoms with E-state index in [2.05, 4.69) is 148 Å².